The average Bonchev–Trinajstić information content (AvgIpc) is 3.12. The first kappa shape index (κ1) is 49.1. The molecule has 21 nitrogen and oxygen atoms in total. The van der Waals surface area contributed by atoms with Crippen molar-refractivity contribution >= 4 is 41.4 Å². The van der Waals surface area contributed by atoms with Crippen LogP contribution in [0, 0.1) is 5.92 Å². The van der Waals surface area contributed by atoms with Crippen molar-refractivity contribution in [2.75, 3.05) is 26.2 Å². The van der Waals surface area contributed by atoms with Gasteiger partial charge in [0.15, 0.2) is 6.04 Å². The summed E-state index contributed by atoms with van der Waals surface area (Å²) >= 11 is 0. The van der Waals surface area contributed by atoms with E-state index in [1.165, 1.54) is 31.2 Å². The zero-order valence-electron chi connectivity index (χ0n) is 32.2. The molecule has 0 unspecified atom stereocenters. The predicted molar refractivity (Wildman–Crippen MR) is 205 cm³/mol. The Hall–Kier alpha value is -4.93. The molecule has 8 atom stereocenters. The number of nitrogens with two attached hydrogens (primary N) is 5. The second kappa shape index (κ2) is 25.3. The number of carbonyl (C=O) groups excluding carboxylic acids is 6. The lowest BCUT2D eigenvalue weighted by Gasteiger charge is -2.28. The fraction of sp³-hybridized carbons (Fsp3) is 0.629. The summed E-state index contributed by atoms with van der Waals surface area (Å²) in [5.74, 6) is -6.50. The van der Waals surface area contributed by atoms with E-state index < -0.39 is 89.8 Å². The number of carbonyl (C=O) groups is 7. The van der Waals surface area contributed by atoms with E-state index in [1.54, 1.807) is 13.8 Å². The largest absolute Gasteiger partial charge is 0.508 e. The lowest BCUT2D eigenvalue weighted by molar-refractivity contribution is -0.145. The number of benzene rings is 1. The van der Waals surface area contributed by atoms with Crippen LogP contribution >= 0.6 is 0 Å². The maximum Gasteiger partial charge on any atom is 0.328 e. The zero-order valence-corrected chi connectivity index (χ0v) is 32.2. The molecule has 21 heteroatoms. The van der Waals surface area contributed by atoms with E-state index in [1.807, 2.05) is 0 Å². The first-order chi connectivity index (χ1) is 26.4. The molecular formula is C35H61N11O10. The molecule has 0 aliphatic rings. The summed E-state index contributed by atoms with van der Waals surface area (Å²) in [7, 11) is 0. The van der Waals surface area contributed by atoms with Crippen LogP contribution in [0.2, 0.25) is 0 Å². The highest BCUT2D eigenvalue weighted by molar-refractivity contribution is 5.97. The highest BCUT2D eigenvalue weighted by atomic mass is 16.4. The van der Waals surface area contributed by atoms with Crippen molar-refractivity contribution in [2.45, 2.75) is 108 Å². The summed E-state index contributed by atoms with van der Waals surface area (Å²) in [5.41, 5.74) is 29.0. The van der Waals surface area contributed by atoms with E-state index in [2.05, 4.69) is 31.9 Å². The second-order valence-corrected chi connectivity index (χ2v) is 13.8. The number of phenolic OH excluding ortho intramolecular Hbond substituents is 1. The monoisotopic (exact) mass is 795 g/mol. The molecule has 0 saturated carbocycles. The third kappa shape index (κ3) is 17.3. The zero-order chi connectivity index (χ0) is 42.5. The van der Waals surface area contributed by atoms with Gasteiger partial charge in [0.2, 0.25) is 35.4 Å². The van der Waals surface area contributed by atoms with Gasteiger partial charge < -0.3 is 75.9 Å². The maximum absolute atomic E-state index is 13.9. The summed E-state index contributed by atoms with van der Waals surface area (Å²) in [5, 5.41) is 43.9. The van der Waals surface area contributed by atoms with E-state index in [-0.39, 0.29) is 76.4 Å². The molecule has 0 aliphatic carbocycles. The summed E-state index contributed by atoms with van der Waals surface area (Å²) < 4.78 is 0. The lowest BCUT2D eigenvalue weighted by Crippen LogP contribution is -2.61. The Balaban J connectivity index is 3.35. The number of phenols is 1. The number of amides is 6. The highest BCUT2D eigenvalue weighted by Crippen LogP contribution is 2.13. The van der Waals surface area contributed by atoms with Gasteiger partial charge in [-0.15, -0.1) is 0 Å². The van der Waals surface area contributed by atoms with Gasteiger partial charge in [-0.05, 0) is 88.8 Å². The Kier molecular flexibility index (Phi) is 22.2. The Morgan fingerprint density at radius 1 is 0.571 bits per heavy atom. The van der Waals surface area contributed by atoms with E-state index in [0.717, 1.165) is 0 Å². The van der Waals surface area contributed by atoms with Gasteiger partial charge in [0.25, 0.3) is 0 Å². The van der Waals surface area contributed by atoms with Crippen molar-refractivity contribution in [1.29, 1.82) is 0 Å². The van der Waals surface area contributed by atoms with Gasteiger partial charge in [0.05, 0.1) is 12.1 Å². The number of hydrogen-bond donors (Lipinski definition) is 14. The van der Waals surface area contributed by atoms with Crippen molar-refractivity contribution in [1.82, 2.24) is 31.9 Å². The van der Waals surface area contributed by atoms with Gasteiger partial charge >= 0.3 is 5.97 Å². The smallest absolute Gasteiger partial charge is 0.328 e. The average molecular weight is 796 g/mol. The van der Waals surface area contributed by atoms with Gasteiger partial charge in [0.1, 0.15) is 36.0 Å². The Morgan fingerprint density at radius 2 is 0.946 bits per heavy atom. The summed E-state index contributed by atoms with van der Waals surface area (Å²) in [6.07, 6.45) is -1.57. The van der Waals surface area contributed by atoms with Crippen LogP contribution in [0.5, 0.6) is 5.75 Å². The lowest BCUT2D eigenvalue weighted by atomic mass is 10.00. The van der Waals surface area contributed by atoms with E-state index in [0.29, 0.717) is 5.56 Å². The van der Waals surface area contributed by atoms with Crippen molar-refractivity contribution in [2.24, 2.45) is 34.6 Å². The van der Waals surface area contributed by atoms with Crippen molar-refractivity contribution in [3.63, 3.8) is 0 Å². The Morgan fingerprint density at radius 3 is 1.36 bits per heavy atom. The molecule has 0 heterocycles. The molecule has 1 aromatic rings. The van der Waals surface area contributed by atoms with Crippen molar-refractivity contribution in [3.8, 4) is 5.75 Å². The molecule has 0 saturated heterocycles. The quantitative estimate of drug-likeness (QED) is 0.0418. The minimum atomic E-state index is -1.67. The fourth-order valence-corrected chi connectivity index (χ4v) is 5.41. The number of nitrogens with one attached hydrogen (secondary N) is 6. The first-order valence-corrected chi connectivity index (χ1v) is 18.5. The van der Waals surface area contributed by atoms with Crippen LogP contribution in [-0.4, -0.2) is 131 Å². The number of rotatable bonds is 26. The van der Waals surface area contributed by atoms with Gasteiger partial charge in [-0.2, -0.15) is 0 Å². The first-order valence-electron chi connectivity index (χ1n) is 18.5. The number of aromatic hydroxyl groups is 1. The van der Waals surface area contributed by atoms with E-state index in [9.17, 15) is 48.9 Å². The molecule has 316 valence electrons. The van der Waals surface area contributed by atoms with Crippen LogP contribution in [0.3, 0.4) is 0 Å². The van der Waals surface area contributed by atoms with Gasteiger partial charge in [-0.3, -0.25) is 28.8 Å². The number of aliphatic hydroxyl groups excluding tert-OH is 1. The number of carboxylic acid groups (broad SMARTS) is 1. The van der Waals surface area contributed by atoms with E-state index in [4.69, 9.17) is 28.7 Å². The third-order valence-electron chi connectivity index (χ3n) is 8.47. The molecular weight excluding hydrogens is 734 g/mol. The second-order valence-electron chi connectivity index (χ2n) is 13.8. The standard InChI is InChI=1S/C35H61N11O10/c1-18(2)16-26(33(53)43-24(10-14-38)30(50)42-25(11-15-39)32(52)46-28(19(3)47)35(55)56)44-34(54)27(17-20-4-6-21(48)7-5-20)45-31(51)23(9-13-37)41-29(49)22(40)8-12-36/h4-7,18-19,22-28,47-48H,8-17,36-40H2,1-3H3,(H,41,49)(H,42,50)(H,43,53)(H,44,54)(H,45,51)(H,46,52)(H,55,56)/t19-,22+,23+,24+,25+,26+,27-,28+/m1/s1. The Labute approximate surface area is 326 Å². The maximum atomic E-state index is 13.9. The molecule has 19 N–H and O–H groups in total. The topological polar surface area (TPSA) is 382 Å². The van der Waals surface area contributed by atoms with Gasteiger partial charge in [-0.1, -0.05) is 26.0 Å². The number of aliphatic hydroxyl groups is 1. The number of carboxylic acids is 1. The molecule has 0 fully saturated rings. The van der Waals surface area contributed by atoms with Gasteiger partial charge in [-0.25, -0.2) is 4.79 Å². The van der Waals surface area contributed by atoms with Crippen molar-refractivity contribution < 1.29 is 48.9 Å². The number of aliphatic carboxylic acids is 1. The molecule has 0 aliphatic heterocycles. The molecule has 1 aromatic carbocycles. The molecule has 56 heavy (non-hydrogen) atoms. The minimum absolute atomic E-state index is 0.00205. The summed E-state index contributed by atoms with van der Waals surface area (Å²) in [6.45, 7) is 4.68. The normalized spacial score (nSPS) is 15.5. The predicted octanol–water partition coefficient (Wildman–Crippen LogP) is -4.92. The molecule has 0 bridgehead atoms. The number of hydrogen-bond acceptors (Lipinski definition) is 14. The van der Waals surface area contributed by atoms with Crippen LogP contribution in [0.1, 0.15) is 58.4 Å². The van der Waals surface area contributed by atoms with Crippen LogP contribution in [0.15, 0.2) is 24.3 Å². The summed E-state index contributed by atoms with van der Waals surface area (Å²) in [4.78, 5) is 91.8. The fourth-order valence-electron chi connectivity index (χ4n) is 5.41. The third-order valence-corrected chi connectivity index (χ3v) is 8.47. The summed E-state index contributed by atoms with van der Waals surface area (Å²) in [6, 6.07) is -3.24. The molecule has 0 spiro atoms. The van der Waals surface area contributed by atoms with Gasteiger partial charge in [0, 0.05) is 6.42 Å². The van der Waals surface area contributed by atoms with Crippen LogP contribution < -0.4 is 60.6 Å². The molecule has 1 rings (SSSR count). The van der Waals surface area contributed by atoms with Crippen LogP contribution in [-0.2, 0) is 40.0 Å². The molecule has 0 radical (unpaired) electrons. The van der Waals surface area contributed by atoms with Crippen LogP contribution in [0.4, 0.5) is 0 Å². The van der Waals surface area contributed by atoms with Crippen molar-refractivity contribution in [3.05, 3.63) is 29.8 Å². The molecule has 6 amide bonds. The van der Waals surface area contributed by atoms with Crippen LogP contribution in [0.25, 0.3) is 0 Å². The van der Waals surface area contributed by atoms with E-state index >= 15 is 0 Å². The minimum Gasteiger partial charge on any atom is -0.508 e. The molecule has 0 aromatic heterocycles. The SMILES string of the molecule is CC(C)C[C@H](NC(=O)[C@@H](Cc1ccc(O)cc1)NC(=O)[C@H](CCN)NC(=O)[C@@H](N)CCN)C(=O)N[C@@H](CCN)C(=O)N[C@@H](CCN)C(=O)N[C@H](C(=O)O)[C@@H](C)O. The Bertz CT molecular complexity index is 1450. The highest BCUT2D eigenvalue weighted by Gasteiger charge is 2.34.